The average Bonchev–Trinajstić information content (AvgIpc) is 3.54. The number of aryl methyl sites for hydroxylation is 1. The van der Waals surface area contributed by atoms with Crippen LogP contribution < -0.4 is 0 Å². The van der Waals surface area contributed by atoms with E-state index >= 15 is 0 Å². The van der Waals surface area contributed by atoms with Crippen LogP contribution in [0.4, 0.5) is 0 Å². The maximum atomic E-state index is 5.37. The van der Waals surface area contributed by atoms with Crippen LogP contribution in [0.1, 0.15) is 57.2 Å². The van der Waals surface area contributed by atoms with E-state index in [0.29, 0.717) is 5.92 Å². The first-order valence-corrected chi connectivity index (χ1v) is 15.7. The van der Waals surface area contributed by atoms with Gasteiger partial charge in [0.2, 0.25) is 0 Å². The Morgan fingerprint density at radius 2 is 1.50 bits per heavy atom. The molecule has 0 N–H and O–H groups in total. The molecule has 2 nitrogen and oxygen atoms in total. The first kappa shape index (κ1) is 26.7. The van der Waals surface area contributed by atoms with Gasteiger partial charge >= 0.3 is 0 Å². The van der Waals surface area contributed by atoms with Crippen molar-refractivity contribution in [2.75, 3.05) is 0 Å². The van der Waals surface area contributed by atoms with Gasteiger partial charge in [-0.1, -0.05) is 107 Å². The van der Waals surface area contributed by atoms with Crippen LogP contribution in [-0.4, -0.2) is 9.55 Å². The Morgan fingerprint density at radius 1 is 0.738 bits per heavy atom. The molecule has 0 aliphatic rings. The summed E-state index contributed by atoms with van der Waals surface area (Å²) in [5.41, 5.74) is 11.0. The van der Waals surface area contributed by atoms with E-state index in [1.807, 2.05) is 11.3 Å². The van der Waals surface area contributed by atoms with Crippen molar-refractivity contribution in [3.05, 3.63) is 120 Å². The van der Waals surface area contributed by atoms with Crippen LogP contribution >= 0.6 is 11.3 Å². The summed E-state index contributed by atoms with van der Waals surface area (Å²) in [6.45, 7) is 13.7. The second-order valence-electron chi connectivity index (χ2n) is 12.8. The highest BCUT2D eigenvalue weighted by molar-refractivity contribution is 7.26. The number of thiophene rings is 1. The average molecular weight is 565 g/mol. The van der Waals surface area contributed by atoms with E-state index in [9.17, 15) is 0 Å². The maximum absolute atomic E-state index is 5.37. The number of rotatable bonds is 4. The van der Waals surface area contributed by atoms with Gasteiger partial charge in [0, 0.05) is 31.3 Å². The van der Waals surface area contributed by atoms with Gasteiger partial charge in [-0.3, -0.25) is 4.57 Å². The van der Waals surface area contributed by atoms with Gasteiger partial charge in [0.1, 0.15) is 5.82 Å². The molecule has 0 fully saturated rings. The molecule has 0 aliphatic carbocycles. The zero-order chi connectivity index (χ0) is 29.2. The normalized spacial score (nSPS) is 12.3. The van der Waals surface area contributed by atoms with Gasteiger partial charge in [0.25, 0.3) is 0 Å². The first-order chi connectivity index (χ1) is 20.2. The van der Waals surface area contributed by atoms with Gasteiger partial charge in [-0.05, 0) is 70.8 Å². The minimum absolute atomic E-state index is 0.0202. The van der Waals surface area contributed by atoms with E-state index in [2.05, 4.69) is 149 Å². The molecule has 0 saturated heterocycles. The van der Waals surface area contributed by atoms with Crippen molar-refractivity contribution in [3.63, 3.8) is 0 Å². The van der Waals surface area contributed by atoms with Gasteiger partial charge in [-0.25, -0.2) is 4.98 Å². The van der Waals surface area contributed by atoms with Crippen molar-refractivity contribution >= 4 is 42.5 Å². The molecule has 0 bridgehead atoms. The van der Waals surface area contributed by atoms with Crippen LogP contribution in [0.5, 0.6) is 0 Å². The molecule has 3 heteroatoms. The fraction of sp³-hybridized carbons (Fsp3) is 0.205. The molecular formula is C39H36N2S. The highest BCUT2D eigenvalue weighted by Crippen LogP contribution is 2.45. The monoisotopic (exact) mass is 564 g/mol. The molecule has 5 aromatic carbocycles. The Hall–Kier alpha value is -4.21. The van der Waals surface area contributed by atoms with Gasteiger partial charge in [0.15, 0.2) is 0 Å². The lowest BCUT2D eigenvalue weighted by molar-refractivity contribution is 0.588. The second-order valence-corrected chi connectivity index (χ2v) is 13.8. The topological polar surface area (TPSA) is 17.8 Å². The Labute approximate surface area is 252 Å². The van der Waals surface area contributed by atoms with Gasteiger partial charge in [0.05, 0.1) is 16.7 Å². The van der Waals surface area contributed by atoms with E-state index in [0.717, 1.165) is 16.9 Å². The third-order valence-corrected chi connectivity index (χ3v) is 9.59. The van der Waals surface area contributed by atoms with Crippen molar-refractivity contribution in [2.24, 2.45) is 0 Å². The summed E-state index contributed by atoms with van der Waals surface area (Å²) in [7, 11) is 0. The molecule has 0 radical (unpaired) electrons. The molecule has 0 unspecified atom stereocenters. The lowest BCUT2D eigenvalue weighted by Gasteiger charge is -2.27. The van der Waals surface area contributed by atoms with Crippen LogP contribution in [-0.2, 0) is 5.41 Å². The smallest absolute Gasteiger partial charge is 0.147 e. The molecule has 0 amide bonds. The van der Waals surface area contributed by atoms with Gasteiger partial charge in [-0.2, -0.15) is 0 Å². The Balaban J connectivity index is 1.63. The molecule has 2 heterocycles. The number of para-hydroxylation sites is 2. The third-order valence-electron chi connectivity index (χ3n) is 8.39. The molecule has 7 rings (SSSR count). The summed E-state index contributed by atoms with van der Waals surface area (Å²) in [6.07, 6.45) is 0. The standard InChI is InChI=1S/C39H36N2S/c1-24(2)31-22-27(39(4,5)6)23-32(26-13-8-7-9-14-26)36(31)41-34-18-11-10-17-33(34)40-38(41)30-16-12-15-29-28-20-19-25(3)21-35(28)42-37(29)30/h7-24H,1-6H3. The second kappa shape index (κ2) is 9.96. The number of aromatic nitrogens is 2. The van der Waals surface area contributed by atoms with E-state index in [1.165, 1.54) is 59.2 Å². The lowest BCUT2D eigenvalue weighted by atomic mass is 9.81. The molecule has 0 spiro atoms. The van der Waals surface area contributed by atoms with Crippen LogP contribution in [0.2, 0.25) is 0 Å². The number of nitrogens with zero attached hydrogens (tertiary/aromatic N) is 2. The quantitative estimate of drug-likeness (QED) is 0.208. The zero-order valence-corrected chi connectivity index (χ0v) is 26.0. The number of hydrogen-bond donors (Lipinski definition) is 0. The van der Waals surface area contributed by atoms with Crippen molar-refractivity contribution in [3.8, 4) is 28.2 Å². The molecule has 208 valence electrons. The number of benzene rings is 5. The summed E-state index contributed by atoms with van der Waals surface area (Å²) in [4.78, 5) is 5.37. The van der Waals surface area contributed by atoms with Crippen molar-refractivity contribution in [1.82, 2.24) is 9.55 Å². The molecule has 2 aromatic heterocycles. The van der Waals surface area contributed by atoms with Crippen molar-refractivity contribution in [1.29, 1.82) is 0 Å². The summed E-state index contributed by atoms with van der Waals surface area (Å²) < 4.78 is 5.06. The minimum Gasteiger partial charge on any atom is -0.291 e. The molecule has 0 saturated carbocycles. The molecule has 42 heavy (non-hydrogen) atoms. The summed E-state index contributed by atoms with van der Waals surface area (Å²) in [6, 6.07) is 37.8. The predicted molar refractivity (Wildman–Crippen MR) is 182 cm³/mol. The van der Waals surface area contributed by atoms with Crippen LogP contribution in [0.25, 0.3) is 59.4 Å². The summed E-state index contributed by atoms with van der Waals surface area (Å²) >= 11 is 1.87. The predicted octanol–water partition coefficient (Wildman–Crippen LogP) is 11.5. The summed E-state index contributed by atoms with van der Waals surface area (Å²) in [5, 5.41) is 2.61. The molecule has 7 aromatic rings. The van der Waals surface area contributed by atoms with Crippen molar-refractivity contribution in [2.45, 2.75) is 52.9 Å². The Kier molecular flexibility index (Phi) is 6.32. The molecular weight excluding hydrogens is 529 g/mol. The van der Waals surface area contributed by atoms with Crippen LogP contribution in [0.15, 0.2) is 103 Å². The largest absolute Gasteiger partial charge is 0.291 e. The Morgan fingerprint density at radius 3 is 2.26 bits per heavy atom. The fourth-order valence-electron chi connectivity index (χ4n) is 6.13. The van der Waals surface area contributed by atoms with Gasteiger partial charge < -0.3 is 0 Å². The third kappa shape index (κ3) is 4.35. The highest BCUT2D eigenvalue weighted by atomic mass is 32.1. The number of hydrogen-bond acceptors (Lipinski definition) is 2. The summed E-state index contributed by atoms with van der Waals surface area (Å²) in [5.74, 6) is 1.31. The van der Waals surface area contributed by atoms with E-state index < -0.39 is 0 Å². The van der Waals surface area contributed by atoms with Gasteiger partial charge in [-0.15, -0.1) is 11.3 Å². The van der Waals surface area contributed by atoms with Crippen molar-refractivity contribution < 1.29 is 0 Å². The molecule has 0 atom stereocenters. The van der Waals surface area contributed by atoms with E-state index in [4.69, 9.17) is 4.98 Å². The van der Waals surface area contributed by atoms with Crippen LogP contribution in [0.3, 0.4) is 0 Å². The Bertz CT molecular complexity index is 2100. The SMILES string of the molecule is Cc1ccc2c(c1)sc1c(-c3nc4ccccc4n3-c3c(-c4ccccc4)cc(C(C)(C)C)cc3C(C)C)cccc12. The van der Waals surface area contributed by atoms with E-state index in [1.54, 1.807) is 0 Å². The zero-order valence-electron chi connectivity index (χ0n) is 25.2. The van der Waals surface area contributed by atoms with Crippen LogP contribution in [0, 0.1) is 6.92 Å². The number of imidazole rings is 1. The first-order valence-electron chi connectivity index (χ1n) is 14.8. The minimum atomic E-state index is 0.0202. The molecule has 0 aliphatic heterocycles. The highest BCUT2D eigenvalue weighted by Gasteiger charge is 2.26. The lowest BCUT2D eigenvalue weighted by Crippen LogP contribution is -2.14. The fourth-order valence-corrected chi connectivity index (χ4v) is 7.44. The number of fused-ring (bicyclic) bond motifs is 4. The van der Waals surface area contributed by atoms with E-state index in [-0.39, 0.29) is 5.41 Å². The maximum Gasteiger partial charge on any atom is 0.147 e.